The summed E-state index contributed by atoms with van der Waals surface area (Å²) < 4.78 is 12.8. The molecule has 1 aliphatic rings. The minimum absolute atomic E-state index is 0.0814. The molecule has 1 heterocycles. The van der Waals surface area contributed by atoms with E-state index in [-0.39, 0.29) is 17.0 Å². The van der Waals surface area contributed by atoms with E-state index >= 15 is 0 Å². The van der Waals surface area contributed by atoms with Gasteiger partial charge in [-0.05, 0) is 29.8 Å². The highest BCUT2D eigenvalue weighted by Gasteiger charge is 2.31. The van der Waals surface area contributed by atoms with Crippen LogP contribution in [-0.4, -0.2) is 11.1 Å². The van der Waals surface area contributed by atoms with Gasteiger partial charge in [0.05, 0.1) is 5.69 Å². The molecule has 1 unspecified atom stereocenters. The smallest absolute Gasteiger partial charge is 0.244 e. The maximum Gasteiger partial charge on any atom is 0.244 e. The van der Waals surface area contributed by atoms with Gasteiger partial charge in [0, 0.05) is 0 Å². The number of hydrogen-bond acceptors (Lipinski definition) is 3. The molecule has 0 spiro atoms. The molecule has 2 aromatic rings. The Morgan fingerprint density at radius 2 is 1.75 bits per heavy atom. The Bertz CT molecular complexity index is 655. The summed E-state index contributed by atoms with van der Waals surface area (Å²) in [6.45, 7) is 0. The number of nitrogens with one attached hydrogen (secondary N) is 1. The molecular weight excluding hydrogens is 275 g/mol. The van der Waals surface area contributed by atoms with E-state index in [4.69, 9.17) is 0 Å². The summed E-state index contributed by atoms with van der Waals surface area (Å²) >= 11 is 1.37. The first-order valence-corrected chi connectivity index (χ1v) is 6.97. The van der Waals surface area contributed by atoms with Crippen LogP contribution in [-0.2, 0) is 4.79 Å². The zero-order valence-corrected chi connectivity index (χ0v) is 11.2. The van der Waals surface area contributed by atoms with Crippen molar-refractivity contribution in [2.24, 2.45) is 4.99 Å². The van der Waals surface area contributed by atoms with Crippen molar-refractivity contribution in [3.05, 3.63) is 66.0 Å². The minimum atomic E-state index is -0.306. The highest BCUT2D eigenvalue weighted by molar-refractivity contribution is 8.15. The van der Waals surface area contributed by atoms with Gasteiger partial charge in [0.2, 0.25) is 5.91 Å². The molecular formula is C15H11FN2OS. The third-order valence-electron chi connectivity index (χ3n) is 2.86. The average molecular weight is 286 g/mol. The maximum absolute atomic E-state index is 12.8. The second kappa shape index (κ2) is 5.46. The standard InChI is InChI=1S/C15H11FN2OS/c16-11-6-8-12(9-7-11)17-15-18-14(19)13(20-15)10-4-2-1-3-5-10/h1-9,13H,(H,17,18,19). The second-order valence-corrected chi connectivity index (χ2v) is 5.39. The van der Waals surface area contributed by atoms with Crippen molar-refractivity contribution in [3.8, 4) is 0 Å². The maximum atomic E-state index is 12.8. The number of benzene rings is 2. The van der Waals surface area contributed by atoms with Crippen molar-refractivity contribution >= 4 is 28.5 Å². The molecule has 0 bridgehead atoms. The highest BCUT2D eigenvalue weighted by atomic mass is 32.2. The van der Waals surface area contributed by atoms with Crippen LogP contribution < -0.4 is 5.32 Å². The molecule has 0 aromatic heterocycles. The van der Waals surface area contributed by atoms with Crippen LogP contribution in [0, 0.1) is 5.82 Å². The van der Waals surface area contributed by atoms with Gasteiger partial charge in [0.25, 0.3) is 0 Å². The predicted molar refractivity (Wildman–Crippen MR) is 78.4 cm³/mol. The van der Waals surface area contributed by atoms with Crippen molar-refractivity contribution in [1.29, 1.82) is 0 Å². The quantitative estimate of drug-likeness (QED) is 0.919. The summed E-state index contributed by atoms with van der Waals surface area (Å²) in [4.78, 5) is 16.3. The molecule has 0 radical (unpaired) electrons. The van der Waals surface area contributed by atoms with Gasteiger partial charge in [-0.2, -0.15) is 0 Å². The van der Waals surface area contributed by atoms with E-state index in [2.05, 4.69) is 10.3 Å². The predicted octanol–water partition coefficient (Wildman–Crippen LogP) is 3.42. The van der Waals surface area contributed by atoms with E-state index in [9.17, 15) is 9.18 Å². The summed E-state index contributed by atoms with van der Waals surface area (Å²) in [6.07, 6.45) is 0. The molecule has 0 aliphatic carbocycles. The van der Waals surface area contributed by atoms with Crippen molar-refractivity contribution in [2.75, 3.05) is 0 Å². The summed E-state index contributed by atoms with van der Waals surface area (Å²) in [6, 6.07) is 15.4. The number of hydrogen-bond donors (Lipinski definition) is 1. The van der Waals surface area contributed by atoms with E-state index in [0.717, 1.165) is 5.56 Å². The van der Waals surface area contributed by atoms with Crippen molar-refractivity contribution < 1.29 is 9.18 Å². The Hall–Kier alpha value is -2.14. The van der Waals surface area contributed by atoms with Crippen molar-refractivity contribution in [3.63, 3.8) is 0 Å². The highest BCUT2D eigenvalue weighted by Crippen LogP contribution is 2.35. The van der Waals surface area contributed by atoms with Gasteiger partial charge in [0.1, 0.15) is 11.1 Å². The first kappa shape index (κ1) is 12.9. The minimum Gasteiger partial charge on any atom is -0.304 e. The van der Waals surface area contributed by atoms with Gasteiger partial charge in [-0.15, -0.1) is 0 Å². The number of aliphatic imine (C=N–C) groups is 1. The number of nitrogens with zero attached hydrogens (tertiary/aromatic N) is 1. The van der Waals surface area contributed by atoms with Gasteiger partial charge in [0.15, 0.2) is 5.17 Å². The van der Waals surface area contributed by atoms with E-state index < -0.39 is 0 Å². The number of rotatable bonds is 2. The molecule has 1 amide bonds. The van der Waals surface area contributed by atoms with E-state index in [0.29, 0.717) is 10.9 Å². The Morgan fingerprint density at radius 3 is 2.45 bits per heavy atom. The van der Waals surface area contributed by atoms with Gasteiger partial charge in [-0.3, -0.25) is 4.79 Å². The summed E-state index contributed by atoms with van der Waals surface area (Å²) in [7, 11) is 0. The fraction of sp³-hybridized carbons (Fsp3) is 0.0667. The topological polar surface area (TPSA) is 41.5 Å². The largest absolute Gasteiger partial charge is 0.304 e. The fourth-order valence-electron chi connectivity index (χ4n) is 1.90. The lowest BCUT2D eigenvalue weighted by molar-refractivity contribution is -0.118. The van der Waals surface area contributed by atoms with Crippen LogP contribution in [0.2, 0.25) is 0 Å². The molecule has 20 heavy (non-hydrogen) atoms. The first-order chi connectivity index (χ1) is 9.72. The number of halogens is 1. The molecule has 100 valence electrons. The Balaban J connectivity index is 1.81. The van der Waals surface area contributed by atoms with E-state index in [1.165, 1.54) is 23.9 Å². The molecule has 3 nitrogen and oxygen atoms in total. The molecule has 1 aliphatic heterocycles. The van der Waals surface area contributed by atoms with Gasteiger partial charge >= 0.3 is 0 Å². The van der Waals surface area contributed by atoms with Gasteiger partial charge in [-0.1, -0.05) is 42.1 Å². The van der Waals surface area contributed by atoms with E-state index in [1.807, 2.05) is 30.3 Å². The molecule has 5 heteroatoms. The normalized spacial score (nSPS) is 20.1. The second-order valence-electron chi connectivity index (χ2n) is 4.29. The van der Waals surface area contributed by atoms with Crippen LogP contribution >= 0.6 is 11.8 Å². The monoisotopic (exact) mass is 286 g/mol. The Kier molecular flexibility index (Phi) is 3.52. The Labute approximate surface area is 119 Å². The van der Waals surface area contributed by atoms with Crippen LogP contribution in [0.15, 0.2) is 59.6 Å². The first-order valence-electron chi connectivity index (χ1n) is 6.09. The zero-order chi connectivity index (χ0) is 13.9. The Morgan fingerprint density at radius 1 is 1.05 bits per heavy atom. The summed E-state index contributed by atoms with van der Waals surface area (Å²) in [5.41, 5.74) is 1.56. The molecule has 3 rings (SSSR count). The molecule has 1 N–H and O–H groups in total. The van der Waals surface area contributed by atoms with Gasteiger partial charge < -0.3 is 5.32 Å². The SMILES string of the molecule is O=C1NC(=Nc2ccc(F)cc2)SC1c1ccccc1. The lowest BCUT2D eigenvalue weighted by atomic mass is 10.1. The number of amidine groups is 1. The molecule has 2 aromatic carbocycles. The zero-order valence-electron chi connectivity index (χ0n) is 10.4. The lowest BCUT2D eigenvalue weighted by Gasteiger charge is -2.03. The third kappa shape index (κ3) is 2.72. The molecule has 1 fully saturated rings. The van der Waals surface area contributed by atoms with Gasteiger partial charge in [-0.25, -0.2) is 9.38 Å². The van der Waals surface area contributed by atoms with Crippen molar-refractivity contribution in [2.45, 2.75) is 5.25 Å². The van der Waals surface area contributed by atoms with Crippen LogP contribution in [0.5, 0.6) is 0 Å². The number of carbonyl (C=O) groups is 1. The summed E-state index contributed by atoms with van der Waals surface area (Å²) in [5, 5.41) is 3.00. The average Bonchev–Trinajstić information content (AvgIpc) is 2.83. The van der Waals surface area contributed by atoms with Crippen LogP contribution in [0.4, 0.5) is 10.1 Å². The van der Waals surface area contributed by atoms with Crippen LogP contribution in [0.25, 0.3) is 0 Å². The molecule has 0 saturated carbocycles. The van der Waals surface area contributed by atoms with Crippen LogP contribution in [0.3, 0.4) is 0 Å². The van der Waals surface area contributed by atoms with Crippen LogP contribution in [0.1, 0.15) is 10.8 Å². The molecule has 1 saturated heterocycles. The number of carbonyl (C=O) groups excluding carboxylic acids is 1. The molecule has 1 atom stereocenters. The van der Waals surface area contributed by atoms with Crippen molar-refractivity contribution in [1.82, 2.24) is 5.32 Å². The lowest BCUT2D eigenvalue weighted by Crippen LogP contribution is -2.21. The number of amides is 1. The van der Waals surface area contributed by atoms with E-state index in [1.54, 1.807) is 12.1 Å². The summed E-state index contributed by atoms with van der Waals surface area (Å²) in [5.74, 6) is -0.388. The fourth-order valence-corrected chi connectivity index (χ4v) is 2.90. The third-order valence-corrected chi connectivity index (χ3v) is 4.00. The number of thioether (sulfide) groups is 1.